The smallest absolute Gasteiger partial charge is 0.184 e. The molecular formula is C36H32N2+2. The van der Waals surface area contributed by atoms with Crippen molar-refractivity contribution < 1.29 is 9.13 Å². The molecule has 0 saturated carbocycles. The van der Waals surface area contributed by atoms with E-state index >= 15 is 0 Å². The van der Waals surface area contributed by atoms with Crippen molar-refractivity contribution in [2.24, 2.45) is 0 Å². The lowest BCUT2D eigenvalue weighted by atomic mass is 9.78. The first kappa shape index (κ1) is 22.9. The Morgan fingerprint density at radius 3 is 2.32 bits per heavy atom. The molecule has 0 bridgehead atoms. The van der Waals surface area contributed by atoms with Crippen LogP contribution in [0.3, 0.4) is 0 Å². The number of fused-ring (bicyclic) bond motifs is 9. The molecule has 0 fully saturated rings. The molecule has 0 N–H and O–H groups in total. The van der Waals surface area contributed by atoms with Crippen LogP contribution in [0.2, 0.25) is 0 Å². The van der Waals surface area contributed by atoms with Crippen LogP contribution >= 0.6 is 0 Å². The second kappa shape index (κ2) is 8.92. The quantitative estimate of drug-likeness (QED) is 0.213. The van der Waals surface area contributed by atoms with Crippen LogP contribution < -0.4 is 9.13 Å². The third-order valence-corrected chi connectivity index (χ3v) is 8.51. The Bertz CT molecular complexity index is 1710. The minimum absolute atomic E-state index is 0.116. The second-order valence-corrected chi connectivity index (χ2v) is 10.8. The fraction of sp³-hybridized carbons (Fsp3) is 0.167. The Morgan fingerprint density at radius 2 is 1.47 bits per heavy atom. The van der Waals surface area contributed by atoms with Gasteiger partial charge in [-0.2, -0.15) is 9.13 Å². The molecule has 184 valence electrons. The number of hydrogen-bond donors (Lipinski definition) is 0. The van der Waals surface area contributed by atoms with Crippen molar-refractivity contribution in [1.29, 1.82) is 0 Å². The summed E-state index contributed by atoms with van der Waals surface area (Å²) in [5.74, 6) is 0.326. The first-order valence-electron chi connectivity index (χ1n) is 13.6. The van der Waals surface area contributed by atoms with Crippen molar-refractivity contribution in [3.63, 3.8) is 0 Å². The highest BCUT2D eigenvalue weighted by atomic mass is 15.1. The van der Waals surface area contributed by atoms with Crippen molar-refractivity contribution in [2.75, 3.05) is 0 Å². The summed E-state index contributed by atoms with van der Waals surface area (Å²) in [6.07, 6.45) is 6.70. The topological polar surface area (TPSA) is 7.76 Å². The van der Waals surface area contributed by atoms with Gasteiger partial charge in [-0.05, 0) is 73.2 Å². The Balaban J connectivity index is 1.52. The van der Waals surface area contributed by atoms with Gasteiger partial charge in [-0.1, -0.05) is 66.7 Å². The normalized spacial score (nSPS) is 17.6. The van der Waals surface area contributed by atoms with E-state index in [0.29, 0.717) is 5.92 Å². The van der Waals surface area contributed by atoms with E-state index in [1.165, 1.54) is 55.9 Å². The van der Waals surface area contributed by atoms with E-state index < -0.39 is 0 Å². The number of allylic oxidation sites excluding steroid dienone is 1. The summed E-state index contributed by atoms with van der Waals surface area (Å²) in [5, 5.41) is 0. The van der Waals surface area contributed by atoms with Gasteiger partial charge in [0.2, 0.25) is 23.1 Å². The predicted molar refractivity (Wildman–Crippen MR) is 154 cm³/mol. The Labute approximate surface area is 225 Å². The maximum Gasteiger partial charge on any atom is 0.249 e. The molecular weight excluding hydrogens is 460 g/mol. The lowest BCUT2D eigenvalue weighted by Crippen LogP contribution is -2.53. The molecule has 2 unspecified atom stereocenters. The van der Waals surface area contributed by atoms with E-state index in [4.69, 9.17) is 6.58 Å². The van der Waals surface area contributed by atoms with Crippen LogP contribution in [0.15, 0.2) is 116 Å². The summed E-state index contributed by atoms with van der Waals surface area (Å²) >= 11 is 0. The zero-order valence-corrected chi connectivity index (χ0v) is 22.1. The number of benzene rings is 3. The first-order valence-corrected chi connectivity index (χ1v) is 13.6. The summed E-state index contributed by atoms with van der Waals surface area (Å²) in [5.41, 5.74) is 14.1. The number of aromatic nitrogens is 2. The summed E-state index contributed by atoms with van der Waals surface area (Å²) < 4.78 is 4.87. The first-order chi connectivity index (χ1) is 18.6. The maximum atomic E-state index is 4.86. The molecule has 2 aliphatic rings. The Kier molecular flexibility index (Phi) is 5.37. The molecule has 38 heavy (non-hydrogen) atoms. The fourth-order valence-electron chi connectivity index (χ4n) is 6.66. The molecule has 0 aliphatic carbocycles. The average Bonchev–Trinajstić information content (AvgIpc) is 3.00. The molecule has 0 amide bonds. The highest BCUT2D eigenvalue weighted by Crippen LogP contribution is 2.45. The van der Waals surface area contributed by atoms with Crippen LogP contribution in [0.25, 0.3) is 39.3 Å². The van der Waals surface area contributed by atoms with Crippen LogP contribution in [0.1, 0.15) is 40.6 Å². The van der Waals surface area contributed by atoms with Crippen molar-refractivity contribution in [3.8, 4) is 33.6 Å². The van der Waals surface area contributed by atoms with Crippen molar-refractivity contribution >= 4 is 5.70 Å². The van der Waals surface area contributed by atoms with Gasteiger partial charge in [-0.3, -0.25) is 0 Å². The molecule has 0 spiro atoms. The van der Waals surface area contributed by atoms with Gasteiger partial charge < -0.3 is 0 Å². The maximum absolute atomic E-state index is 4.86. The van der Waals surface area contributed by atoms with E-state index in [1.54, 1.807) is 0 Å². The van der Waals surface area contributed by atoms with Crippen molar-refractivity contribution in [2.45, 2.75) is 38.6 Å². The second-order valence-electron chi connectivity index (χ2n) is 10.8. The summed E-state index contributed by atoms with van der Waals surface area (Å²) in [6, 6.07) is 35.7. The van der Waals surface area contributed by atoms with E-state index in [-0.39, 0.29) is 6.04 Å². The summed E-state index contributed by atoms with van der Waals surface area (Å²) in [6.45, 7) is 9.27. The van der Waals surface area contributed by atoms with Crippen LogP contribution in [0, 0.1) is 13.8 Å². The molecule has 0 saturated heterocycles. The number of aryl methyl sites for hydroxylation is 3. The SMILES string of the molecule is C=C1C2C(CCc3ccccc3-c3cc(C)c(-c4ccccc4)c[n+]31)c1ccccc1-c1cc(C)cc[n+]12. The van der Waals surface area contributed by atoms with Crippen LogP contribution in [-0.2, 0) is 6.42 Å². The van der Waals surface area contributed by atoms with Gasteiger partial charge in [0.05, 0.1) is 5.92 Å². The number of rotatable bonds is 1. The van der Waals surface area contributed by atoms with E-state index in [9.17, 15) is 0 Å². The van der Waals surface area contributed by atoms with Gasteiger partial charge in [0.25, 0.3) is 0 Å². The van der Waals surface area contributed by atoms with E-state index in [0.717, 1.165) is 18.5 Å². The number of pyridine rings is 2. The molecule has 3 aromatic carbocycles. The van der Waals surface area contributed by atoms with Crippen molar-refractivity contribution in [3.05, 3.63) is 138 Å². The predicted octanol–water partition coefficient (Wildman–Crippen LogP) is 7.63. The molecule has 2 aromatic heterocycles. The molecule has 0 radical (unpaired) electrons. The molecule has 7 rings (SSSR count). The summed E-state index contributed by atoms with van der Waals surface area (Å²) in [4.78, 5) is 0. The fourth-order valence-corrected chi connectivity index (χ4v) is 6.66. The van der Waals surface area contributed by atoms with Gasteiger partial charge in [-0.25, -0.2) is 0 Å². The molecule has 5 aromatic rings. The minimum Gasteiger partial charge on any atom is -0.184 e. The van der Waals surface area contributed by atoms with Gasteiger partial charge in [0.15, 0.2) is 12.4 Å². The standard InChI is InChI=1S/C36H32N2/c1-24-19-20-37-34(21-24)31-16-10-9-15-30(31)32-18-17-28-13-7-8-14-29(28)35-22-25(2)33(27-11-5-4-6-12-27)23-38(35)26(3)36(32)37/h4-16,19-23,32,36H,3,17-18H2,1-2H3/q+2. The van der Waals surface area contributed by atoms with Gasteiger partial charge in [0, 0.05) is 34.9 Å². The monoisotopic (exact) mass is 492 g/mol. The van der Waals surface area contributed by atoms with Gasteiger partial charge in [-0.15, -0.1) is 0 Å². The zero-order valence-electron chi connectivity index (χ0n) is 22.1. The van der Waals surface area contributed by atoms with Crippen LogP contribution in [-0.4, -0.2) is 0 Å². The third-order valence-electron chi connectivity index (χ3n) is 8.51. The highest BCUT2D eigenvalue weighted by Gasteiger charge is 2.46. The number of hydrogen-bond acceptors (Lipinski definition) is 0. The largest absolute Gasteiger partial charge is 0.249 e. The zero-order chi connectivity index (χ0) is 25.8. The number of nitrogens with zero attached hydrogens (tertiary/aromatic N) is 2. The third kappa shape index (κ3) is 3.55. The van der Waals surface area contributed by atoms with Gasteiger partial charge >= 0.3 is 0 Å². The lowest BCUT2D eigenvalue weighted by molar-refractivity contribution is -0.727. The molecule has 2 heteroatoms. The molecule has 2 nitrogen and oxygen atoms in total. The molecule has 2 atom stereocenters. The van der Waals surface area contributed by atoms with Crippen LogP contribution in [0.5, 0.6) is 0 Å². The Morgan fingerprint density at radius 1 is 0.737 bits per heavy atom. The average molecular weight is 493 g/mol. The summed E-state index contributed by atoms with van der Waals surface area (Å²) in [7, 11) is 0. The van der Waals surface area contributed by atoms with Gasteiger partial charge in [0.1, 0.15) is 0 Å². The van der Waals surface area contributed by atoms with Crippen molar-refractivity contribution in [1.82, 2.24) is 0 Å². The lowest BCUT2D eigenvalue weighted by Gasteiger charge is -2.29. The Hall–Kier alpha value is -4.30. The van der Waals surface area contributed by atoms with E-state index in [1.807, 2.05) is 0 Å². The highest BCUT2D eigenvalue weighted by molar-refractivity contribution is 5.71. The molecule has 4 heterocycles. The molecule has 2 aliphatic heterocycles. The van der Waals surface area contributed by atoms with E-state index in [2.05, 4.69) is 132 Å². The van der Waals surface area contributed by atoms with Crippen LogP contribution in [0.4, 0.5) is 0 Å². The minimum atomic E-state index is 0.116.